The molecule has 52 valence electrons. The van der Waals surface area contributed by atoms with E-state index in [9.17, 15) is 4.79 Å². The van der Waals surface area contributed by atoms with E-state index >= 15 is 0 Å². The highest BCUT2D eigenvalue weighted by atomic mass is 16.3. The van der Waals surface area contributed by atoms with Crippen molar-refractivity contribution < 1.29 is 9.90 Å². The SMILES string of the molecule is CC1NC(=O)CC1CO. The van der Waals surface area contributed by atoms with Crippen LogP contribution in [0.4, 0.5) is 0 Å². The topological polar surface area (TPSA) is 49.3 Å². The Morgan fingerprint density at radius 1 is 1.89 bits per heavy atom. The molecule has 3 heteroatoms. The molecule has 0 aromatic rings. The fourth-order valence-electron chi connectivity index (χ4n) is 1.07. The van der Waals surface area contributed by atoms with Gasteiger partial charge in [-0.1, -0.05) is 0 Å². The smallest absolute Gasteiger partial charge is 0.220 e. The third kappa shape index (κ3) is 1.21. The number of hydrogen-bond donors (Lipinski definition) is 2. The summed E-state index contributed by atoms with van der Waals surface area (Å²) in [5.41, 5.74) is 0. The largest absolute Gasteiger partial charge is 0.396 e. The molecule has 0 bridgehead atoms. The summed E-state index contributed by atoms with van der Waals surface area (Å²) in [6, 6.07) is 0.155. The Labute approximate surface area is 54.1 Å². The predicted molar refractivity (Wildman–Crippen MR) is 32.8 cm³/mol. The van der Waals surface area contributed by atoms with Crippen molar-refractivity contribution >= 4 is 5.91 Å². The van der Waals surface area contributed by atoms with Gasteiger partial charge in [-0.15, -0.1) is 0 Å². The van der Waals surface area contributed by atoms with Crippen LogP contribution in [0.1, 0.15) is 13.3 Å². The lowest BCUT2D eigenvalue weighted by atomic mass is 10.0. The van der Waals surface area contributed by atoms with E-state index in [-0.39, 0.29) is 24.5 Å². The predicted octanol–water partition coefficient (Wildman–Crippen LogP) is -0.497. The average molecular weight is 129 g/mol. The summed E-state index contributed by atoms with van der Waals surface area (Å²) in [7, 11) is 0. The lowest BCUT2D eigenvalue weighted by Gasteiger charge is -2.08. The van der Waals surface area contributed by atoms with Gasteiger partial charge in [-0.2, -0.15) is 0 Å². The van der Waals surface area contributed by atoms with E-state index in [1.54, 1.807) is 0 Å². The van der Waals surface area contributed by atoms with Gasteiger partial charge in [0, 0.05) is 25.0 Å². The Bertz CT molecular complexity index is 124. The maximum absolute atomic E-state index is 10.6. The quantitative estimate of drug-likeness (QED) is 0.501. The van der Waals surface area contributed by atoms with Gasteiger partial charge in [0.05, 0.1) is 0 Å². The number of aliphatic hydroxyl groups is 1. The monoisotopic (exact) mass is 129 g/mol. The number of aliphatic hydroxyl groups excluding tert-OH is 1. The van der Waals surface area contributed by atoms with Crippen LogP contribution in [0.5, 0.6) is 0 Å². The van der Waals surface area contributed by atoms with E-state index in [0.29, 0.717) is 6.42 Å². The van der Waals surface area contributed by atoms with Crippen molar-refractivity contribution in [2.45, 2.75) is 19.4 Å². The third-order valence-corrected chi connectivity index (χ3v) is 1.78. The van der Waals surface area contributed by atoms with Gasteiger partial charge in [-0.05, 0) is 6.92 Å². The summed E-state index contributed by atoms with van der Waals surface area (Å²) in [5.74, 6) is 0.194. The lowest BCUT2D eigenvalue weighted by Crippen LogP contribution is -2.26. The summed E-state index contributed by atoms with van der Waals surface area (Å²) >= 11 is 0. The first-order chi connectivity index (χ1) is 4.24. The minimum atomic E-state index is 0.0570. The third-order valence-electron chi connectivity index (χ3n) is 1.78. The number of carbonyl (C=O) groups excluding carboxylic acids is 1. The van der Waals surface area contributed by atoms with Gasteiger partial charge < -0.3 is 10.4 Å². The molecule has 2 unspecified atom stereocenters. The fourth-order valence-corrected chi connectivity index (χ4v) is 1.07. The first-order valence-electron chi connectivity index (χ1n) is 3.14. The fraction of sp³-hybridized carbons (Fsp3) is 0.833. The van der Waals surface area contributed by atoms with Gasteiger partial charge in [-0.3, -0.25) is 4.79 Å². The summed E-state index contributed by atoms with van der Waals surface area (Å²) in [4.78, 5) is 10.6. The van der Waals surface area contributed by atoms with E-state index in [1.165, 1.54) is 0 Å². The number of rotatable bonds is 1. The van der Waals surface area contributed by atoms with Gasteiger partial charge >= 0.3 is 0 Å². The van der Waals surface area contributed by atoms with E-state index in [0.717, 1.165) is 0 Å². The van der Waals surface area contributed by atoms with Crippen molar-refractivity contribution in [1.29, 1.82) is 0 Å². The second kappa shape index (κ2) is 2.35. The van der Waals surface area contributed by atoms with Crippen molar-refractivity contribution in [3.8, 4) is 0 Å². The van der Waals surface area contributed by atoms with Crippen LogP contribution >= 0.6 is 0 Å². The second-order valence-electron chi connectivity index (χ2n) is 2.50. The van der Waals surface area contributed by atoms with Crippen molar-refractivity contribution in [3.05, 3.63) is 0 Å². The molecule has 0 aromatic heterocycles. The highest BCUT2D eigenvalue weighted by molar-refractivity contribution is 5.78. The molecule has 1 aliphatic rings. The molecule has 0 radical (unpaired) electrons. The summed E-state index contributed by atoms with van der Waals surface area (Å²) in [6.07, 6.45) is 0.484. The van der Waals surface area contributed by atoms with Crippen molar-refractivity contribution in [3.63, 3.8) is 0 Å². The van der Waals surface area contributed by atoms with Crippen molar-refractivity contribution in [2.75, 3.05) is 6.61 Å². The molecule has 0 saturated carbocycles. The zero-order valence-electron chi connectivity index (χ0n) is 5.42. The molecule has 0 spiro atoms. The Morgan fingerprint density at radius 3 is 2.78 bits per heavy atom. The van der Waals surface area contributed by atoms with Crippen LogP contribution in [0.3, 0.4) is 0 Å². The average Bonchev–Trinajstić information content (AvgIpc) is 2.10. The molecule has 1 amide bonds. The van der Waals surface area contributed by atoms with Gasteiger partial charge in [0.2, 0.25) is 5.91 Å². The first-order valence-corrected chi connectivity index (χ1v) is 3.14. The highest BCUT2D eigenvalue weighted by Crippen LogP contribution is 2.14. The van der Waals surface area contributed by atoms with Crippen LogP contribution < -0.4 is 5.32 Å². The van der Waals surface area contributed by atoms with Gasteiger partial charge in [-0.25, -0.2) is 0 Å². The minimum Gasteiger partial charge on any atom is -0.396 e. The Hall–Kier alpha value is -0.570. The summed E-state index contributed by atoms with van der Waals surface area (Å²) in [6.45, 7) is 2.02. The van der Waals surface area contributed by atoms with Crippen molar-refractivity contribution in [2.24, 2.45) is 5.92 Å². The number of nitrogens with one attached hydrogen (secondary N) is 1. The highest BCUT2D eigenvalue weighted by Gasteiger charge is 2.27. The molecule has 0 aliphatic carbocycles. The molecule has 2 N–H and O–H groups in total. The molecule has 1 saturated heterocycles. The van der Waals surface area contributed by atoms with Crippen LogP contribution in [0.25, 0.3) is 0 Å². The summed E-state index contributed by atoms with van der Waals surface area (Å²) in [5, 5.41) is 11.4. The van der Waals surface area contributed by atoms with Crippen molar-refractivity contribution in [1.82, 2.24) is 5.32 Å². The molecule has 1 fully saturated rings. The molecule has 9 heavy (non-hydrogen) atoms. The maximum Gasteiger partial charge on any atom is 0.220 e. The molecule has 0 aromatic carbocycles. The van der Waals surface area contributed by atoms with Crippen LogP contribution in [-0.4, -0.2) is 23.7 Å². The van der Waals surface area contributed by atoms with E-state index in [1.807, 2.05) is 6.92 Å². The number of amides is 1. The standard InChI is InChI=1S/C6H11NO2/c1-4-5(3-8)2-6(9)7-4/h4-5,8H,2-3H2,1H3,(H,7,9). The van der Waals surface area contributed by atoms with Gasteiger partial charge in [0.1, 0.15) is 0 Å². The number of hydrogen-bond acceptors (Lipinski definition) is 2. The van der Waals surface area contributed by atoms with Gasteiger partial charge in [0.15, 0.2) is 0 Å². The summed E-state index contributed by atoms with van der Waals surface area (Å²) < 4.78 is 0. The lowest BCUT2D eigenvalue weighted by molar-refractivity contribution is -0.119. The van der Waals surface area contributed by atoms with Gasteiger partial charge in [0.25, 0.3) is 0 Å². The number of carbonyl (C=O) groups is 1. The van der Waals surface area contributed by atoms with Crippen LogP contribution in [0.2, 0.25) is 0 Å². The van der Waals surface area contributed by atoms with E-state index < -0.39 is 0 Å². The maximum atomic E-state index is 10.6. The zero-order chi connectivity index (χ0) is 6.85. The van der Waals surface area contributed by atoms with Crippen LogP contribution in [0, 0.1) is 5.92 Å². The Kier molecular flexibility index (Phi) is 1.71. The molecule has 2 atom stereocenters. The molecular weight excluding hydrogens is 118 g/mol. The second-order valence-corrected chi connectivity index (χ2v) is 2.50. The van der Waals surface area contributed by atoms with Crippen LogP contribution in [-0.2, 0) is 4.79 Å². The Morgan fingerprint density at radius 2 is 2.56 bits per heavy atom. The molecule has 1 rings (SSSR count). The van der Waals surface area contributed by atoms with E-state index in [4.69, 9.17) is 5.11 Å². The molecule has 1 aliphatic heterocycles. The molecular formula is C6H11NO2. The first kappa shape index (κ1) is 6.55. The Balaban J connectivity index is 2.47. The molecule has 3 nitrogen and oxygen atoms in total. The van der Waals surface area contributed by atoms with Crippen LogP contribution in [0.15, 0.2) is 0 Å². The van der Waals surface area contributed by atoms with E-state index in [2.05, 4.69) is 5.32 Å². The normalized spacial score (nSPS) is 34.7. The zero-order valence-corrected chi connectivity index (χ0v) is 5.42. The minimum absolute atomic E-state index is 0.0570. The molecule has 1 heterocycles.